The normalized spacial score (nSPS) is 12.6. The molecule has 3 aromatic carbocycles. The minimum Gasteiger partial charge on any atom is -0.369 e. The Kier molecular flexibility index (Phi) is 11.0. The van der Waals surface area contributed by atoms with E-state index in [1.54, 1.807) is 36.5 Å². The fourth-order valence-electron chi connectivity index (χ4n) is 6.86. The zero-order valence-electron chi connectivity index (χ0n) is 28.2. The van der Waals surface area contributed by atoms with Gasteiger partial charge < -0.3 is 9.87 Å². The van der Waals surface area contributed by atoms with Gasteiger partial charge in [-0.2, -0.15) is 0 Å². The third-order valence-electron chi connectivity index (χ3n) is 9.17. The number of thioether (sulfide) groups is 1. The van der Waals surface area contributed by atoms with Crippen LogP contribution in [0.4, 0.5) is 14.6 Å². The topological polar surface area (TPSA) is 88.0 Å². The standard InChI is InChI=1S/C37H40F2N4O2S2Si/c1-22(2)48(23(3)4,24(5)6)19-17-28-31(38)15-14-26-11-9-13-29(32(26)28)34-33(39)35-30(21-41-37(43-35)46-7)36(42-34)40-18-16-25-10-8-12-27(20-25)47(44)45/h8-15,20-24H,16,18H2,1-7H3,(H,40,42)(H,44,45). The van der Waals surface area contributed by atoms with E-state index in [2.05, 4.69) is 68.3 Å². The Balaban J connectivity index is 1.70. The number of aromatic nitrogens is 3. The second-order valence-corrected chi connectivity index (χ2v) is 20.1. The number of anilines is 1. The molecule has 2 heterocycles. The SMILES string of the molecule is CSc1ncc2c(NCCc3cccc(S(=O)O)c3)nc(-c3cccc4ccc(F)c(C#C[Si](C(C)C)(C(C)C)C(C)C)c34)c(F)c2n1. The highest BCUT2D eigenvalue weighted by Gasteiger charge is 2.41. The van der Waals surface area contributed by atoms with Crippen LogP contribution in [-0.4, -0.2) is 44.6 Å². The molecule has 0 fully saturated rings. The summed E-state index contributed by atoms with van der Waals surface area (Å²) in [5, 5.41) is 5.37. The van der Waals surface area contributed by atoms with E-state index in [9.17, 15) is 8.76 Å². The maximum Gasteiger partial charge on any atom is 0.187 e. The van der Waals surface area contributed by atoms with Gasteiger partial charge in [0.15, 0.2) is 22.1 Å². The first kappa shape index (κ1) is 35.6. The maximum atomic E-state index is 16.6. The smallest absolute Gasteiger partial charge is 0.187 e. The van der Waals surface area contributed by atoms with Crippen molar-refractivity contribution in [1.29, 1.82) is 0 Å². The van der Waals surface area contributed by atoms with Crippen molar-refractivity contribution in [2.45, 2.75) is 74.6 Å². The van der Waals surface area contributed by atoms with E-state index in [0.29, 0.717) is 61.8 Å². The molecule has 250 valence electrons. The summed E-state index contributed by atoms with van der Waals surface area (Å²) >= 11 is -0.784. The summed E-state index contributed by atoms with van der Waals surface area (Å²) in [5.74, 6) is 2.60. The first-order valence-corrected chi connectivity index (χ1v) is 20.5. The summed E-state index contributed by atoms with van der Waals surface area (Å²) in [6.45, 7) is 13.7. The first-order valence-electron chi connectivity index (χ1n) is 16.0. The zero-order valence-corrected chi connectivity index (χ0v) is 30.8. The van der Waals surface area contributed by atoms with E-state index >= 15 is 8.78 Å². The number of pyridine rings is 1. The van der Waals surface area contributed by atoms with E-state index in [4.69, 9.17) is 4.98 Å². The quantitative estimate of drug-likeness (QED) is 0.0493. The number of hydrogen-bond acceptors (Lipinski definition) is 6. The van der Waals surface area contributed by atoms with E-state index in [1.165, 1.54) is 17.8 Å². The summed E-state index contributed by atoms with van der Waals surface area (Å²) in [4.78, 5) is 14.0. The molecular formula is C37H40F2N4O2S2Si. The Morgan fingerprint density at radius 1 is 0.979 bits per heavy atom. The molecule has 11 heteroatoms. The molecule has 2 N–H and O–H groups in total. The van der Waals surface area contributed by atoms with Crippen LogP contribution in [0.15, 0.2) is 70.8 Å². The van der Waals surface area contributed by atoms with Gasteiger partial charge in [-0.05, 0) is 58.4 Å². The van der Waals surface area contributed by atoms with Crippen molar-refractivity contribution in [3.05, 3.63) is 83.6 Å². The van der Waals surface area contributed by atoms with Gasteiger partial charge in [-0.25, -0.2) is 27.9 Å². The summed E-state index contributed by atoms with van der Waals surface area (Å²) in [7, 11) is -2.21. The van der Waals surface area contributed by atoms with Crippen LogP contribution >= 0.6 is 11.8 Å². The Bertz CT molecular complexity index is 2060. The Labute approximate surface area is 288 Å². The highest BCUT2D eigenvalue weighted by atomic mass is 32.2. The lowest BCUT2D eigenvalue weighted by Crippen LogP contribution is -2.43. The lowest BCUT2D eigenvalue weighted by molar-refractivity contribution is 0.564. The molecule has 0 saturated heterocycles. The van der Waals surface area contributed by atoms with Crippen molar-refractivity contribution >= 4 is 58.4 Å². The van der Waals surface area contributed by atoms with Crippen LogP contribution in [-0.2, 0) is 17.5 Å². The van der Waals surface area contributed by atoms with E-state index < -0.39 is 30.8 Å². The average molecular weight is 703 g/mol. The van der Waals surface area contributed by atoms with Crippen molar-refractivity contribution in [3.63, 3.8) is 0 Å². The largest absolute Gasteiger partial charge is 0.369 e. The number of rotatable bonds is 10. The van der Waals surface area contributed by atoms with Gasteiger partial charge in [-0.15, -0.1) is 5.54 Å². The Morgan fingerprint density at radius 3 is 2.35 bits per heavy atom. The molecule has 0 aliphatic heterocycles. The summed E-state index contributed by atoms with van der Waals surface area (Å²) in [6, 6.07) is 15.4. The van der Waals surface area contributed by atoms with Gasteiger partial charge in [0.2, 0.25) is 0 Å². The van der Waals surface area contributed by atoms with E-state index in [-0.39, 0.29) is 16.8 Å². The van der Waals surface area contributed by atoms with E-state index in [1.807, 2.05) is 24.5 Å². The fraction of sp³-hybridized carbons (Fsp3) is 0.324. The Morgan fingerprint density at radius 2 is 1.69 bits per heavy atom. The monoisotopic (exact) mass is 702 g/mol. The number of fused-ring (bicyclic) bond motifs is 2. The second kappa shape index (κ2) is 14.8. The molecule has 48 heavy (non-hydrogen) atoms. The predicted octanol–water partition coefficient (Wildman–Crippen LogP) is 9.65. The summed E-state index contributed by atoms with van der Waals surface area (Å²) in [6.07, 6.45) is 3.89. The van der Waals surface area contributed by atoms with Crippen LogP contribution in [0.3, 0.4) is 0 Å². The van der Waals surface area contributed by atoms with Crippen molar-refractivity contribution in [2.75, 3.05) is 18.1 Å². The molecule has 0 aliphatic rings. The highest BCUT2D eigenvalue weighted by molar-refractivity contribution is 7.98. The average Bonchev–Trinajstić information content (AvgIpc) is 3.06. The van der Waals surface area contributed by atoms with Gasteiger partial charge >= 0.3 is 0 Å². The highest BCUT2D eigenvalue weighted by Crippen LogP contribution is 2.42. The minimum absolute atomic E-state index is 0.0350. The van der Waals surface area contributed by atoms with Crippen molar-refractivity contribution in [1.82, 2.24) is 15.0 Å². The van der Waals surface area contributed by atoms with Crippen LogP contribution in [0.1, 0.15) is 52.7 Å². The molecule has 0 bridgehead atoms. The molecular weight excluding hydrogens is 663 g/mol. The Hall–Kier alpha value is -3.69. The van der Waals surface area contributed by atoms with Gasteiger partial charge in [0, 0.05) is 23.7 Å². The first-order chi connectivity index (χ1) is 22.9. The molecule has 2 aromatic heterocycles. The lowest BCUT2D eigenvalue weighted by atomic mass is 9.96. The minimum atomic E-state index is -2.21. The number of hydrogen-bond donors (Lipinski definition) is 2. The van der Waals surface area contributed by atoms with Gasteiger partial charge in [-0.3, -0.25) is 0 Å². The van der Waals surface area contributed by atoms with Crippen LogP contribution in [0.2, 0.25) is 16.6 Å². The fourth-order valence-corrected chi connectivity index (χ4v) is 12.9. The van der Waals surface area contributed by atoms with Crippen LogP contribution < -0.4 is 5.32 Å². The third kappa shape index (κ3) is 6.90. The molecule has 5 aromatic rings. The van der Waals surface area contributed by atoms with Crippen LogP contribution in [0.5, 0.6) is 0 Å². The van der Waals surface area contributed by atoms with Crippen LogP contribution in [0, 0.1) is 23.1 Å². The van der Waals surface area contributed by atoms with Crippen LogP contribution in [0.25, 0.3) is 32.9 Å². The van der Waals surface area contributed by atoms with Gasteiger partial charge in [0.05, 0.1) is 15.8 Å². The molecule has 6 nitrogen and oxygen atoms in total. The molecule has 0 aliphatic carbocycles. The van der Waals surface area contributed by atoms with Crippen molar-refractivity contribution < 1.29 is 17.5 Å². The van der Waals surface area contributed by atoms with Gasteiger partial charge in [0.1, 0.15) is 30.9 Å². The maximum absolute atomic E-state index is 16.6. The molecule has 0 amide bonds. The number of nitrogens with one attached hydrogen (secondary N) is 1. The predicted molar refractivity (Wildman–Crippen MR) is 198 cm³/mol. The molecule has 0 radical (unpaired) electrons. The third-order valence-corrected chi connectivity index (χ3v) is 16.7. The molecule has 0 spiro atoms. The van der Waals surface area contributed by atoms with Gasteiger partial charge in [-0.1, -0.05) is 95.6 Å². The molecule has 0 saturated carbocycles. The summed E-state index contributed by atoms with van der Waals surface area (Å²) < 4.78 is 53.6. The molecule has 1 atom stereocenters. The van der Waals surface area contributed by atoms with Crippen molar-refractivity contribution in [3.8, 4) is 22.7 Å². The number of halogens is 2. The molecule has 5 rings (SSSR count). The van der Waals surface area contributed by atoms with E-state index in [0.717, 1.165) is 10.9 Å². The number of nitrogens with zero attached hydrogens (tertiary/aromatic N) is 3. The summed E-state index contributed by atoms with van der Waals surface area (Å²) in [5.41, 5.74) is 6.37. The molecule has 1 unspecified atom stereocenters. The second-order valence-electron chi connectivity index (χ2n) is 12.8. The van der Waals surface area contributed by atoms with Crippen molar-refractivity contribution in [2.24, 2.45) is 0 Å². The zero-order chi connectivity index (χ0) is 34.7. The lowest BCUT2D eigenvalue weighted by Gasteiger charge is -2.38. The van der Waals surface area contributed by atoms with Gasteiger partial charge in [0.25, 0.3) is 0 Å². The number of benzene rings is 3.